The number of hydrogen-bond donors (Lipinski definition) is 2. The smallest absolute Gasteiger partial charge is 0.481 e. The second-order valence-corrected chi connectivity index (χ2v) is 37.3. The fourth-order valence-electron chi connectivity index (χ4n) is 13.9. The van der Waals surface area contributed by atoms with E-state index in [-0.39, 0.29) is 29.2 Å². The van der Waals surface area contributed by atoms with E-state index < -0.39 is 12.3 Å². The molecule has 1 aliphatic heterocycles. The van der Waals surface area contributed by atoms with E-state index >= 15 is 0 Å². The molecular weight excluding hydrogens is 1670 g/mol. The van der Waals surface area contributed by atoms with Crippen LogP contribution in [0.4, 0.5) is 27.8 Å². The van der Waals surface area contributed by atoms with Gasteiger partial charge in [-0.3, -0.25) is 18.8 Å². The van der Waals surface area contributed by atoms with Gasteiger partial charge in [0.15, 0.2) is 0 Å². The van der Waals surface area contributed by atoms with Crippen molar-refractivity contribution in [1.29, 1.82) is 0 Å². The molecule has 14 nitrogen and oxygen atoms in total. The maximum absolute atomic E-state index is 12.9. The molecule has 0 spiro atoms. The second-order valence-electron chi connectivity index (χ2n) is 35.4. The molecule has 700 valence electrons. The fraction of sp³-hybridized carbons (Fsp3) is 0.404. The molecule has 6 aromatic carbocycles. The number of rotatable bonds is 25. The Morgan fingerprint density at radius 2 is 0.954 bits per heavy atom. The van der Waals surface area contributed by atoms with Gasteiger partial charge in [-0.25, -0.2) is 18.4 Å². The third-order valence-electron chi connectivity index (χ3n) is 21.4. The average molecular weight is 1820 g/mol. The molecule has 0 unspecified atom stereocenters. The molecule has 1 fully saturated rings. The molecule has 0 radical (unpaired) electrons. The van der Waals surface area contributed by atoms with Crippen molar-refractivity contribution < 1.29 is 31.4 Å². The standard InChI is InChI=1S/C15H20N2O.C13H16N2.C13H15NOS.C12H16F2.C12H18N2.C12H13NOS.2C11H17N.C10H11F3O/c1-11(2)14-7-5-13(6-8-14)10-17-15(18-4)12(3)9-16-17;1-11(2)13-6-4-12(5-7-13)10-15-9-3-8-14-15;1-10(2)11-7-12(16-9-11)8-14-6-4-3-5-13(14)15;1-9(2)11-7-5-4-6-10(11)8-12(3,13)14;1-10(2)11-5-6-12(13-9-11)14-7-3-4-8-14;1-9(2)10-7-12(15-8-10)13-6-4-3-5-11(13)14;1-9(2)11-6-4-5-10(7-11)8-12-3;1-9(2)11-7-5-4-6-10(11)8-12-3;1-7(2)8-5-3-4-6-9(8)14-10(11,12)13/h5-9,11H,10H2,1-4H3;3-9,11H,10H2,1-2H3;3-7,9-10H,8H2,1-2H3;4-7,9H,8H2,1-3H3;5-6,9-10H,3-4,7-8H2,1-2H3;3-9H,1-2H3;2*4-7,9,12H,8H2,1-3H3;3-7H,1-2H3. The molecule has 0 aliphatic carbocycles. The van der Waals surface area contributed by atoms with Crippen molar-refractivity contribution >= 4 is 28.5 Å². The first-order valence-electron chi connectivity index (χ1n) is 45.5. The van der Waals surface area contributed by atoms with Crippen LogP contribution in [0.3, 0.4) is 0 Å². The quantitative estimate of drug-likeness (QED) is 0.0532. The number of benzene rings is 6. The molecule has 130 heavy (non-hydrogen) atoms. The lowest BCUT2D eigenvalue weighted by Gasteiger charge is -2.16. The third kappa shape index (κ3) is 38.3. The van der Waals surface area contributed by atoms with Gasteiger partial charge in [-0.15, -0.1) is 35.8 Å². The highest BCUT2D eigenvalue weighted by Gasteiger charge is 2.32. The van der Waals surface area contributed by atoms with Gasteiger partial charge in [0.1, 0.15) is 16.6 Å². The van der Waals surface area contributed by atoms with Crippen molar-refractivity contribution in [3.63, 3.8) is 0 Å². The summed E-state index contributed by atoms with van der Waals surface area (Å²) in [6.07, 6.45) is 9.11. The fourth-order valence-corrected chi connectivity index (χ4v) is 16.0. The number of aromatic nitrogens is 7. The lowest BCUT2D eigenvalue weighted by molar-refractivity contribution is -0.275. The van der Waals surface area contributed by atoms with Crippen LogP contribution in [-0.2, 0) is 39.1 Å². The molecule has 8 heterocycles. The Bertz CT molecular complexity index is 5380. The van der Waals surface area contributed by atoms with E-state index in [1.165, 1.54) is 104 Å². The highest BCUT2D eigenvalue weighted by Crippen LogP contribution is 2.33. The second kappa shape index (κ2) is 55.4. The van der Waals surface area contributed by atoms with Crippen molar-refractivity contribution in [2.24, 2.45) is 0 Å². The lowest BCUT2D eigenvalue weighted by atomic mass is 9.94. The zero-order valence-electron chi connectivity index (χ0n) is 81.0. The first-order valence-corrected chi connectivity index (χ1v) is 47.2. The molecule has 1 saturated heterocycles. The van der Waals surface area contributed by atoms with Crippen LogP contribution in [0.2, 0.25) is 0 Å². The van der Waals surface area contributed by atoms with Crippen molar-refractivity contribution in [3.05, 3.63) is 369 Å². The molecular formula is C109H143F5N10O4S2. The normalized spacial score (nSPS) is 11.7. The minimum atomic E-state index is -4.62. The molecule has 1 aliphatic rings. The van der Waals surface area contributed by atoms with Gasteiger partial charge in [0.2, 0.25) is 11.8 Å². The van der Waals surface area contributed by atoms with Crippen LogP contribution < -0.4 is 36.1 Å². The Balaban J connectivity index is 0.000000226. The van der Waals surface area contributed by atoms with Crippen LogP contribution in [0.25, 0.3) is 5.00 Å². The number of hydrogen-bond acceptors (Lipinski definition) is 12. The summed E-state index contributed by atoms with van der Waals surface area (Å²) >= 11 is 3.33. The summed E-state index contributed by atoms with van der Waals surface area (Å²) < 4.78 is 78.1. The predicted octanol–water partition coefficient (Wildman–Crippen LogP) is 28.1. The van der Waals surface area contributed by atoms with Gasteiger partial charge in [0.05, 0.1) is 32.9 Å². The number of pyridine rings is 3. The number of para-hydroxylation sites is 1. The van der Waals surface area contributed by atoms with Gasteiger partial charge >= 0.3 is 6.36 Å². The highest BCUT2D eigenvalue weighted by atomic mass is 32.1. The lowest BCUT2D eigenvalue weighted by Crippen LogP contribution is -2.18. The van der Waals surface area contributed by atoms with E-state index in [0.717, 1.165) is 66.5 Å². The molecule has 0 atom stereocenters. The number of halogens is 5. The van der Waals surface area contributed by atoms with Crippen LogP contribution in [-0.4, -0.2) is 80.3 Å². The zero-order chi connectivity index (χ0) is 95.6. The molecule has 0 bridgehead atoms. The van der Waals surface area contributed by atoms with E-state index in [2.05, 4.69) is 264 Å². The van der Waals surface area contributed by atoms with Crippen LogP contribution in [0, 0.1) is 6.92 Å². The Kier molecular flexibility index (Phi) is 46.0. The zero-order valence-corrected chi connectivity index (χ0v) is 82.6. The predicted molar refractivity (Wildman–Crippen MR) is 536 cm³/mol. The van der Waals surface area contributed by atoms with E-state index in [1.54, 1.807) is 87.6 Å². The largest absolute Gasteiger partial charge is 0.573 e. The first-order chi connectivity index (χ1) is 61.8. The first kappa shape index (κ1) is 108. The van der Waals surface area contributed by atoms with Gasteiger partial charge in [-0.05, 0) is 225 Å². The van der Waals surface area contributed by atoms with E-state index in [9.17, 15) is 31.5 Å². The van der Waals surface area contributed by atoms with Gasteiger partial charge in [0.25, 0.3) is 11.1 Å². The maximum atomic E-state index is 12.9. The SMILES string of the molecule is CC(C)c1ccc(Cn2cccn2)cc1.CC(C)c1ccc(N2CCCC2)nc1.CC(C)c1ccccc1CC(C)(F)F.CC(C)c1ccccc1OC(F)(F)F.CC(C)c1csc(-n2ccccc2=O)c1.CC(C)c1csc(Cn2ccccc2=O)c1.CNCc1cccc(C(C)C)c1.CNCc1ccccc1C(C)C.COc1c(C)cnn1Cc1ccc(C(C)C)cc1. The minimum absolute atomic E-state index is 0.00792. The van der Waals surface area contributed by atoms with E-state index in [1.807, 2.05) is 125 Å². The van der Waals surface area contributed by atoms with Gasteiger partial charge < -0.3 is 29.6 Å². The molecule has 13 aromatic rings. The summed E-state index contributed by atoms with van der Waals surface area (Å²) in [7, 11) is 5.64. The number of aryl methyl sites for hydroxylation is 1. The molecule has 21 heteroatoms. The van der Waals surface area contributed by atoms with Crippen molar-refractivity contribution in [1.82, 2.24) is 44.3 Å². The Hall–Kier alpha value is -10.8. The van der Waals surface area contributed by atoms with Crippen molar-refractivity contribution in [3.8, 4) is 16.6 Å². The molecule has 0 amide bonds. The van der Waals surface area contributed by atoms with Gasteiger partial charge in [-0.1, -0.05) is 282 Å². The van der Waals surface area contributed by atoms with Crippen LogP contribution >= 0.6 is 22.7 Å². The summed E-state index contributed by atoms with van der Waals surface area (Å²) in [6, 6.07) is 69.4. The Morgan fingerprint density at radius 3 is 1.45 bits per heavy atom. The molecule has 0 saturated carbocycles. The third-order valence-corrected chi connectivity index (χ3v) is 23.3. The minimum Gasteiger partial charge on any atom is -0.481 e. The summed E-state index contributed by atoms with van der Waals surface area (Å²) in [5.74, 6) is 3.61. The topological polar surface area (TPSA) is 138 Å². The molecule has 7 aromatic heterocycles. The van der Waals surface area contributed by atoms with Crippen LogP contribution in [0.1, 0.15) is 286 Å². The van der Waals surface area contributed by atoms with Gasteiger partial charge in [-0.2, -0.15) is 10.2 Å². The number of ether oxygens (including phenoxy) is 2. The molecule has 14 rings (SSSR count). The monoisotopic (exact) mass is 1820 g/mol. The van der Waals surface area contributed by atoms with E-state index in [4.69, 9.17) is 4.74 Å². The molecule has 2 N–H and O–H groups in total. The summed E-state index contributed by atoms with van der Waals surface area (Å²) in [4.78, 5) is 31.2. The number of alkyl halides is 5. The van der Waals surface area contributed by atoms with Crippen LogP contribution in [0.15, 0.2) is 270 Å². The average Bonchev–Trinajstić information content (AvgIpc) is 1.64. The van der Waals surface area contributed by atoms with E-state index in [0.29, 0.717) is 59.5 Å². The van der Waals surface area contributed by atoms with Crippen molar-refractivity contribution in [2.45, 2.75) is 256 Å². The Morgan fingerprint density at radius 1 is 0.446 bits per heavy atom. The van der Waals surface area contributed by atoms with Crippen LogP contribution in [0.5, 0.6) is 11.6 Å². The number of nitrogens with one attached hydrogen (secondary N) is 2. The maximum Gasteiger partial charge on any atom is 0.573 e. The number of nitrogens with zero attached hydrogens (tertiary/aromatic N) is 8. The summed E-state index contributed by atoms with van der Waals surface area (Å²) in [5, 5.41) is 20.1. The highest BCUT2D eigenvalue weighted by molar-refractivity contribution is 7.12. The number of thiophene rings is 2. The number of methoxy groups -OCH3 is 1. The van der Waals surface area contributed by atoms with Gasteiger partial charge in [0, 0.05) is 86.2 Å². The Labute approximate surface area is 780 Å². The number of anilines is 1. The summed E-state index contributed by atoms with van der Waals surface area (Å²) in [5.41, 5.74) is 18.4. The summed E-state index contributed by atoms with van der Waals surface area (Å²) in [6.45, 7) is 48.0. The van der Waals surface area contributed by atoms with Crippen molar-refractivity contribution in [2.75, 3.05) is 39.2 Å².